The minimum absolute atomic E-state index is 0.0117. The van der Waals surface area contributed by atoms with Gasteiger partial charge in [0, 0.05) is 50.0 Å². The molecule has 3 aliphatic rings. The molecule has 5 atom stereocenters. The van der Waals surface area contributed by atoms with E-state index in [1.807, 2.05) is 26.2 Å². The predicted molar refractivity (Wildman–Crippen MR) is 123 cm³/mol. The number of nitrogens with one attached hydrogen (secondary N) is 4. The fraction of sp³-hybridized carbons (Fsp3) is 0.542. The molecule has 0 bridgehead atoms. The predicted octanol–water partition coefficient (Wildman–Crippen LogP) is 1.69. The number of piperidine rings is 1. The molecule has 1 aromatic carbocycles. The first-order valence-electron chi connectivity index (χ1n) is 11.6. The number of aliphatic hydroxyl groups is 1. The highest BCUT2D eigenvalue weighted by molar-refractivity contribution is 5.42. The van der Waals surface area contributed by atoms with Crippen molar-refractivity contribution in [3.8, 4) is 0 Å². The fourth-order valence-corrected chi connectivity index (χ4v) is 5.61. The van der Waals surface area contributed by atoms with Gasteiger partial charge in [0.25, 0.3) is 0 Å². The van der Waals surface area contributed by atoms with Gasteiger partial charge >= 0.3 is 0 Å². The van der Waals surface area contributed by atoms with Gasteiger partial charge in [-0.25, -0.2) is 14.8 Å². The van der Waals surface area contributed by atoms with E-state index >= 15 is 4.39 Å². The van der Waals surface area contributed by atoms with Crippen LogP contribution in [0.2, 0.25) is 0 Å². The molecule has 0 amide bonds. The van der Waals surface area contributed by atoms with Crippen LogP contribution in [-0.2, 0) is 6.54 Å². The maximum absolute atomic E-state index is 15.1. The van der Waals surface area contributed by atoms with Crippen molar-refractivity contribution in [2.75, 3.05) is 31.6 Å². The van der Waals surface area contributed by atoms with Crippen LogP contribution in [0.1, 0.15) is 47.2 Å². The van der Waals surface area contributed by atoms with Crippen molar-refractivity contribution in [2.24, 2.45) is 5.92 Å². The Kier molecular flexibility index (Phi) is 6.14. The molecule has 1 aromatic heterocycles. The van der Waals surface area contributed by atoms with Crippen LogP contribution in [-0.4, -0.2) is 48.9 Å². The number of anilines is 1. The van der Waals surface area contributed by atoms with Crippen LogP contribution in [0.25, 0.3) is 0 Å². The summed E-state index contributed by atoms with van der Waals surface area (Å²) in [6, 6.07) is 8.33. The molecule has 4 heterocycles. The second-order valence-electron chi connectivity index (χ2n) is 9.41. The third-order valence-corrected chi connectivity index (χ3v) is 7.20. The Balaban J connectivity index is 1.33. The Labute approximate surface area is 188 Å². The Morgan fingerprint density at radius 3 is 2.84 bits per heavy atom. The lowest BCUT2D eigenvalue weighted by Crippen LogP contribution is -2.46. The summed E-state index contributed by atoms with van der Waals surface area (Å²) >= 11 is 0. The minimum Gasteiger partial charge on any atom is -0.391 e. The lowest BCUT2D eigenvalue weighted by molar-refractivity contribution is 0.198. The minimum atomic E-state index is -0.263. The number of aliphatic hydroxyl groups excluding tert-OH is 1. The molecule has 3 aliphatic heterocycles. The highest BCUT2D eigenvalue weighted by Crippen LogP contribution is 2.40. The van der Waals surface area contributed by atoms with E-state index in [0.717, 1.165) is 54.0 Å². The molecule has 5 N–H and O–H groups in total. The summed E-state index contributed by atoms with van der Waals surface area (Å²) in [6.45, 7) is 4.94. The van der Waals surface area contributed by atoms with Crippen molar-refractivity contribution in [2.45, 2.75) is 50.5 Å². The average molecular weight is 441 g/mol. The highest BCUT2D eigenvalue weighted by atomic mass is 19.1. The van der Waals surface area contributed by atoms with Crippen LogP contribution in [0.5, 0.6) is 0 Å². The van der Waals surface area contributed by atoms with E-state index in [1.165, 1.54) is 0 Å². The molecule has 0 saturated carbocycles. The van der Waals surface area contributed by atoms with Crippen LogP contribution in [0.3, 0.4) is 0 Å². The number of pyridine rings is 1. The standard InChI is InChI=1S/C24H33FN6O/c1-14-7-15(10-26-2)8-19(25)23(14)20-9-18-21(12-27-20)29-30-24(18)16-3-4-22(28-11-16)31-6-5-17(32)13-31/h3-4,7-8,11,17-18,20-21,24,26-27,29-30,32H,5-6,9-10,12-13H2,1-2H3. The fourth-order valence-electron chi connectivity index (χ4n) is 5.61. The van der Waals surface area contributed by atoms with E-state index in [2.05, 4.69) is 43.5 Å². The quantitative estimate of drug-likeness (QED) is 0.484. The van der Waals surface area contributed by atoms with Crippen molar-refractivity contribution in [1.82, 2.24) is 26.5 Å². The maximum atomic E-state index is 15.1. The van der Waals surface area contributed by atoms with E-state index in [1.54, 1.807) is 6.07 Å². The van der Waals surface area contributed by atoms with Gasteiger partial charge in [0.05, 0.1) is 12.1 Å². The molecule has 3 fully saturated rings. The molecule has 0 radical (unpaired) electrons. The van der Waals surface area contributed by atoms with Crippen molar-refractivity contribution in [3.05, 3.63) is 58.5 Å². The van der Waals surface area contributed by atoms with E-state index in [4.69, 9.17) is 0 Å². The molecular formula is C24H33FN6O. The summed E-state index contributed by atoms with van der Waals surface area (Å²) in [4.78, 5) is 6.80. The molecule has 7 nitrogen and oxygen atoms in total. The van der Waals surface area contributed by atoms with Gasteiger partial charge in [-0.2, -0.15) is 0 Å². The zero-order chi connectivity index (χ0) is 22.2. The first kappa shape index (κ1) is 21.7. The number of β-amino-alcohol motifs (C(OH)–C–C–N with tert-alkyl or cyclic N) is 1. The van der Waals surface area contributed by atoms with Gasteiger partial charge in [-0.3, -0.25) is 5.43 Å². The second kappa shape index (κ2) is 9.03. The number of hydrogen-bond acceptors (Lipinski definition) is 7. The number of fused-ring (bicyclic) bond motifs is 1. The molecule has 2 aromatic rings. The van der Waals surface area contributed by atoms with Gasteiger partial charge in [0.2, 0.25) is 0 Å². The number of hydrazine groups is 1. The zero-order valence-corrected chi connectivity index (χ0v) is 18.7. The zero-order valence-electron chi connectivity index (χ0n) is 18.7. The van der Waals surface area contributed by atoms with Crippen LogP contribution in [0.15, 0.2) is 30.5 Å². The third-order valence-electron chi connectivity index (χ3n) is 7.20. The summed E-state index contributed by atoms with van der Waals surface area (Å²) in [6.07, 6.45) is 3.32. The molecule has 8 heteroatoms. The van der Waals surface area contributed by atoms with Crippen molar-refractivity contribution in [1.29, 1.82) is 0 Å². The van der Waals surface area contributed by atoms with Gasteiger partial charge in [-0.15, -0.1) is 0 Å². The molecule has 5 rings (SSSR count). The Morgan fingerprint density at radius 2 is 2.16 bits per heavy atom. The summed E-state index contributed by atoms with van der Waals surface area (Å²) in [5.41, 5.74) is 10.8. The number of aryl methyl sites for hydroxylation is 1. The van der Waals surface area contributed by atoms with Crippen LogP contribution >= 0.6 is 0 Å². The monoisotopic (exact) mass is 440 g/mol. The summed E-state index contributed by atoms with van der Waals surface area (Å²) in [5.74, 6) is 1.12. The summed E-state index contributed by atoms with van der Waals surface area (Å²) in [5, 5.41) is 16.4. The number of aromatic nitrogens is 1. The van der Waals surface area contributed by atoms with E-state index in [0.29, 0.717) is 19.0 Å². The number of benzene rings is 1. The number of nitrogens with zero attached hydrogens (tertiary/aromatic N) is 2. The lowest BCUT2D eigenvalue weighted by Gasteiger charge is -2.35. The number of halogens is 1. The first-order valence-corrected chi connectivity index (χ1v) is 11.6. The third kappa shape index (κ3) is 4.13. The van der Waals surface area contributed by atoms with Gasteiger partial charge in [0.1, 0.15) is 11.6 Å². The molecule has 5 unspecified atom stereocenters. The Hall–Kier alpha value is -2.10. The summed E-state index contributed by atoms with van der Waals surface area (Å²) in [7, 11) is 1.88. The molecule has 172 valence electrons. The number of hydrogen-bond donors (Lipinski definition) is 5. The topological polar surface area (TPSA) is 84.5 Å². The maximum Gasteiger partial charge on any atom is 0.128 e. The SMILES string of the molecule is CNCc1cc(C)c(C2CC3C(CN2)NNC3c2ccc(N3CCC(O)C3)nc2)c(F)c1. The first-order chi connectivity index (χ1) is 15.5. The van der Waals surface area contributed by atoms with Gasteiger partial charge in [-0.05, 0) is 61.6 Å². The molecule has 3 saturated heterocycles. The molecule has 0 aliphatic carbocycles. The van der Waals surface area contributed by atoms with Gasteiger partial charge < -0.3 is 20.6 Å². The van der Waals surface area contributed by atoms with E-state index in [9.17, 15) is 5.11 Å². The highest BCUT2D eigenvalue weighted by Gasteiger charge is 2.42. The van der Waals surface area contributed by atoms with Gasteiger partial charge in [0.15, 0.2) is 0 Å². The Morgan fingerprint density at radius 1 is 1.28 bits per heavy atom. The average Bonchev–Trinajstić information content (AvgIpc) is 3.40. The second-order valence-corrected chi connectivity index (χ2v) is 9.41. The molecule has 0 spiro atoms. The van der Waals surface area contributed by atoms with Crippen LogP contribution < -0.4 is 26.4 Å². The van der Waals surface area contributed by atoms with Crippen molar-refractivity contribution in [3.63, 3.8) is 0 Å². The lowest BCUT2D eigenvalue weighted by atomic mass is 9.79. The molecular weight excluding hydrogens is 407 g/mol. The number of rotatable bonds is 5. The van der Waals surface area contributed by atoms with E-state index in [-0.39, 0.29) is 30.0 Å². The van der Waals surface area contributed by atoms with Crippen LogP contribution in [0, 0.1) is 18.7 Å². The molecule has 32 heavy (non-hydrogen) atoms. The van der Waals surface area contributed by atoms with Crippen molar-refractivity contribution >= 4 is 5.82 Å². The Bertz CT molecular complexity index is 931. The van der Waals surface area contributed by atoms with Crippen molar-refractivity contribution < 1.29 is 9.50 Å². The van der Waals surface area contributed by atoms with Crippen LogP contribution in [0.4, 0.5) is 10.2 Å². The normalized spacial score (nSPS) is 30.0. The van der Waals surface area contributed by atoms with Gasteiger partial charge in [-0.1, -0.05) is 12.1 Å². The smallest absolute Gasteiger partial charge is 0.128 e. The largest absolute Gasteiger partial charge is 0.391 e. The summed E-state index contributed by atoms with van der Waals surface area (Å²) < 4.78 is 15.1. The van der Waals surface area contributed by atoms with E-state index < -0.39 is 0 Å².